The van der Waals surface area contributed by atoms with Crippen molar-refractivity contribution in [3.05, 3.63) is 29.3 Å². The number of benzene rings is 1. The number of anilines is 1. The molecule has 1 amide bonds. The van der Waals surface area contributed by atoms with E-state index in [4.69, 9.17) is 5.73 Å². The molecule has 1 aliphatic carbocycles. The highest BCUT2D eigenvalue weighted by Gasteiger charge is 2.29. The van der Waals surface area contributed by atoms with E-state index in [1.165, 1.54) is 24.0 Å². The second-order valence-electron chi connectivity index (χ2n) is 8.20. The average Bonchev–Trinajstić information content (AvgIpc) is 3.29. The molecule has 3 rings (SSSR count). The topological polar surface area (TPSA) is 74.0 Å². The maximum atomic E-state index is 12.5. The molecule has 6 heteroatoms. The van der Waals surface area contributed by atoms with E-state index in [1.807, 2.05) is 0 Å². The van der Waals surface area contributed by atoms with Crippen LogP contribution < -0.4 is 11.1 Å². The van der Waals surface area contributed by atoms with Crippen LogP contribution in [0.2, 0.25) is 0 Å². The molecule has 1 saturated carbocycles. The van der Waals surface area contributed by atoms with Crippen molar-refractivity contribution in [3.8, 4) is 0 Å². The van der Waals surface area contributed by atoms with Crippen LogP contribution in [0.25, 0.3) is 0 Å². The summed E-state index contributed by atoms with van der Waals surface area (Å²) in [5.74, 6) is 1.15. The summed E-state index contributed by atoms with van der Waals surface area (Å²) < 4.78 is 0. The predicted octanol–water partition coefficient (Wildman–Crippen LogP) is 2.87. The van der Waals surface area contributed by atoms with Crippen LogP contribution in [0.15, 0.2) is 23.2 Å². The van der Waals surface area contributed by atoms with E-state index < -0.39 is 0 Å². The van der Waals surface area contributed by atoms with Gasteiger partial charge in [0.15, 0.2) is 5.96 Å². The van der Waals surface area contributed by atoms with E-state index in [1.54, 1.807) is 0 Å². The summed E-state index contributed by atoms with van der Waals surface area (Å²) in [5.41, 5.74) is 9.81. The van der Waals surface area contributed by atoms with E-state index >= 15 is 0 Å². The Morgan fingerprint density at radius 1 is 1.10 bits per heavy atom. The second-order valence-corrected chi connectivity index (χ2v) is 8.20. The number of para-hydroxylation sites is 1. The van der Waals surface area contributed by atoms with Crippen LogP contribution in [0.4, 0.5) is 5.69 Å². The van der Waals surface area contributed by atoms with Gasteiger partial charge in [0.25, 0.3) is 0 Å². The fraction of sp³-hybridized carbons (Fsp3) is 0.652. The number of piperazine rings is 1. The molecule has 0 aromatic heterocycles. The van der Waals surface area contributed by atoms with Crippen molar-refractivity contribution in [2.24, 2.45) is 16.6 Å². The number of nitrogens with one attached hydrogen (secondary N) is 1. The highest BCUT2D eigenvalue weighted by atomic mass is 16.2. The first kappa shape index (κ1) is 21.6. The quantitative estimate of drug-likeness (QED) is 0.546. The fourth-order valence-corrected chi connectivity index (χ4v) is 4.51. The normalized spacial score (nSPS) is 19.0. The zero-order chi connectivity index (χ0) is 20.6. The Labute approximate surface area is 175 Å². The molecular weight excluding hydrogens is 362 g/mol. The van der Waals surface area contributed by atoms with E-state index in [0.29, 0.717) is 18.4 Å². The molecule has 1 saturated heterocycles. The molecule has 160 valence electrons. The van der Waals surface area contributed by atoms with Gasteiger partial charge < -0.3 is 16.0 Å². The molecule has 1 aromatic carbocycles. The number of hydrogen-bond acceptors (Lipinski definition) is 3. The summed E-state index contributed by atoms with van der Waals surface area (Å²) in [6, 6.07) is 6.38. The first-order valence-corrected chi connectivity index (χ1v) is 11.3. The third-order valence-electron chi connectivity index (χ3n) is 6.34. The molecule has 0 unspecified atom stereocenters. The molecule has 0 bridgehead atoms. The van der Waals surface area contributed by atoms with E-state index in [2.05, 4.69) is 52.2 Å². The van der Waals surface area contributed by atoms with Gasteiger partial charge in [0.2, 0.25) is 5.91 Å². The molecule has 0 radical (unpaired) electrons. The summed E-state index contributed by atoms with van der Waals surface area (Å²) in [5, 5.41) is 3.33. The lowest BCUT2D eigenvalue weighted by molar-refractivity contribution is -0.137. The zero-order valence-corrected chi connectivity index (χ0v) is 18.1. The summed E-state index contributed by atoms with van der Waals surface area (Å²) in [4.78, 5) is 21.5. The molecule has 2 aliphatic rings. The van der Waals surface area contributed by atoms with Gasteiger partial charge in [0.05, 0.1) is 6.54 Å². The Morgan fingerprint density at radius 2 is 1.72 bits per heavy atom. The predicted molar refractivity (Wildman–Crippen MR) is 120 cm³/mol. The number of rotatable bonds is 7. The minimum atomic E-state index is 0.288. The molecular formula is C23H37N5O. The van der Waals surface area contributed by atoms with Crippen molar-refractivity contribution in [2.45, 2.75) is 52.4 Å². The van der Waals surface area contributed by atoms with Gasteiger partial charge in [-0.15, -0.1) is 0 Å². The Morgan fingerprint density at radius 3 is 2.31 bits per heavy atom. The first-order valence-electron chi connectivity index (χ1n) is 11.3. The van der Waals surface area contributed by atoms with Gasteiger partial charge in [-0.05, 0) is 36.8 Å². The lowest BCUT2D eigenvalue weighted by Crippen LogP contribution is -2.50. The number of carbonyl (C=O) groups is 1. The summed E-state index contributed by atoms with van der Waals surface area (Å²) in [7, 11) is 0. The Bertz CT molecular complexity index is 681. The van der Waals surface area contributed by atoms with Crippen LogP contribution in [-0.4, -0.2) is 60.9 Å². The molecule has 1 aliphatic heterocycles. The molecule has 3 N–H and O–H groups in total. The highest BCUT2D eigenvalue weighted by molar-refractivity contribution is 5.93. The van der Waals surface area contributed by atoms with Crippen LogP contribution in [-0.2, 0) is 17.6 Å². The van der Waals surface area contributed by atoms with Gasteiger partial charge in [0.1, 0.15) is 0 Å². The SMILES string of the molecule is CCc1cccc(CC)c1NC(N)=NCCN1CCN(C(=O)C2CCCC2)CC1. The molecule has 1 heterocycles. The third-order valence-corrected chi connectivity index (χ3v) is 6.34. The van der Waals surface area contributed by atoms with Crippen molar-refractivity contribution in [2.75, 3.05) is 44.6 Å². The number of carbonyl (C=O) groups excluding carboxylic acids is 1. The molecule has 2 fully saturated rings. The van der Waals surface area contributed by atoms with Gasteiger partial charge in [-0.25, -0.2) is 0 Å². The van der Waals surface area contributed by atoms with E-state index in [0.717, 1.165) is 64.1 Å². The van der Waals surface area contributed by atoms with Gasteiger partial charge in [-0.2, -0.15) is 0 Å². The number of aryl methyl sites for hydroxylation is 2. The van der Waals surface area contributed by atoms with Crippen molar-refractivity contribution in [1.29, 1.82) is 0 Å². The van der Waals surface area contributed by atoms with E-state index in [9.17, 15) is 4.79 Å². The first-order chi connectivity index (χ1) is 14.1. The fourth-order valence-electron chi connectivity index (χ4n) is 4.51. The van der Waals surface area contributed by atoms with Crippen LogP contribution in [0.3, 0.4) is 0 Å². The largest absolute Gasteiger partial charge is 0.370 e. The van der Waals surface area contributed by atoms with Crippen LogP contribution >= 0.6 is 0 Å². The Kier molecular flexibility index (Phi) is 7.92. The second kappa shape index (κ2) is 10.6. The molecule has 6 nitrogen and oxygen atoms in total. The molecule has 0 atom stereocenters. The summed E-state index contributed by atoms with van der Waals surface area (Å²) in [6.45, 7) is 9.41. The number of aliphatic imine (C=N–C) groups is 1. The van der Waals surface area contributed by atoms with E-state index in [-0.39, 0.29) is 5.92 Å². The number of amides is 1. The van der Waals surface area contributed by atoms with Gasteiger partial charge in [-0.1, -0.05) is 44.9 Å². The van der Waals surface area contributed by atoms with Crippen LogP contribution in [0.1, 0.15) is 50.7 Å². The molecule has 0 spiro atoms. The number of nitrogens with two attached hydrogens (primary N) is 1. The maximum Gasteiger partial charge on any atom is 0.225 e. The lowest BCUT2D eigenvalue weighted by atomic mass is 10.0. The smallest absolute Gasteiger partial charge is 0.225 e. The number of guanidine groups is 1. The monoisotopic (exact) mass is 399 g/mol. The maximum absolute atomic E-state index is 12.5. The van der Waals surface area contributed by atoms with Crippen molar-refractivity contribution >= 4 is 17.6 Å². The molecule has 29 heavy (non-hydrogen) atoms. The van der Waals surface area contributed by atoms with Crippen LogP contribution in [0, 0.1) is 5.92 Å². The third kappa shape index (κ3) is 5.72. The number of hydrogen-bond donors (Lipinski definition) is 2. The summed E-state index contributed by atoms with van der Waals surface area (Å²) in [6.07, 6.45) is 6.53. The van der Waals surface area contributed by atoms with Gasteiger partial charge in [-0.3, -0.25) is 14.7 Å². The van der Waals surface area contributed by atoms with Gasteiger partial charge >= 0.3 is 0 Å². The van der Waals surface area contributed by atoms with Crippen molar-refractivity contribution in [1.82, 2.24) is 9.80 Å². The Hall–Kier alpha value is -2.08. The molecule has 1 aromatic rings. The number of nitrogens with zero attached hydrogens (tertiary/aromatic N) is 3. The standard InChI is InChI=1S/C23H37N5O/c1-3-18-10-7-11-19(4-2)21(18)26-23(24)25-12-13-27-14-16-28(17-15-27)22(29)20-8-5-6-9-20/h7,10-11,20H,3-6,8-9,12-17H2,1-2H3,(H3,24,25,26). The van der Waals surface area contributed by atoms with Crippen molar-refractivity contribution in [3.63, 3.8) is 0 Å². The van der Waals surface area contributed by atoms with Gasteiger partial charge in [0, 0.05) is 44.3 Å². The average molecular weight is 400 g/mol. The minimum absolute atomic E-state index is 0.288. The summed E-state index contributed by atoms with van der Waals surface area (Å²) >= 11 is 0. The Balaban J connectivity index is 1.44. The minimum Gasteiger partial charge on any atom is -0.370 e. The highest BCUT2D eigenvalue weighted by Crippen LogP contribution is 2.27. The zero-order valence-electron chi connectivity index (χ0n) is 18.1. The van der Waals surface area contributed by atoms with Crippen LogP contribution in [0.5, 0.6) is 0 Å². The lowest BCUT2D eigenvalue weighted by Gasteiger charge is -2.35. The van der Waals surface area contributed by atoms with Crippen molar-refractivity contribution < 1.29 is 4.79 Å².